The fourth-order valence-corrected chi connectivity index (χ4v) is 3.04. The van der Waals surface area contributed by atoms with Crippen molar-refractivity contribution < 1.29 is 9.53 Å². The molecule has 0 bridgehead atoms. The smallest absolute Gasteiger partial charge is 0.270 e. The monoisotopic (exact) mass is 329 g/mol. The molecule has 1 saturated heterocycles. The molecule has 0 aliphatic carbocycles. The summed E-state index contributed by atoms with van der Waals surface area (Å²) in [4.78, 5) is 31.4. The zero-order chi connectivity index (χ0) is 17.1. The van der Waals surface area contributed by atoms with Crippen LogP contribution in [0.15, 0.2) is 29.3 Å². The molecule has 6 heteroatoms. The van der Waals surface area contributed by atoms with Crippen LogP contribution in [-0.2, 0) is 4.74 Å². The summed E-state index contributed by atoms with van der Waals surface area (Å²) in [7, 11) is 0. The number of hydrogen-bond donors (Lipinski definition) is 0. The van der Waals surface area contributed by atoms with E-state index in [1.807, 2.05) is 13.0 Å². The standard InChI is InChI=1S/C18H23N3O3/c1-3-9-24-14-5-4-8-20(12-14)17(22)15-10-19-16-7-6-13(2)11-21(16)18(15)23/h6-7,10-11,14H,3-5,8-9,12H2,1-2H3/t14-/m0/s1. The first kappa shape index (κ1) is 16.6. The normalized spacial score (nSPS) is 18.1. The Morgan fingerprint density at radius 3 is 3.04 bits per heavy atom. The molecule has 0 N–H and O–H groups in total. The Bertz CT molecular complexity index is 800. The summed E-state index contributed by atoms with van der Waals surface area (Å²) < 4.78 is 7.21. The van der Waals surface area contributed by atoms with Crippen molar-refractivity contribution in [1.82, 2.24) is 14.3 Å². The van der Waals surface area contributed by atoms with Crippen LogP contribution >= 0.6 is 0 Å². The zero-order valence-electron chi connectivity index (χ0n) is 14.2. The number of rotatable bonds is 4. The SMILES string of the molecule is CCCO[C@H]1CCCN(C(=O)c2cnc3ccc(C)cn3c2=O)C1. The van der Waals surface area contributed by atoms with E-state index in [0.717, 1.165) is 24.8 Å². The summed E-state index contributed by atoms with van der Waals surface area (Å²) in [6, 6.07) is 3.67. The first-order chi connectivity index (χ1) is 11.6. The van der Waals surface area contributed by atoms with Gasteiger partial charge in [0.25, 0.3) is 11.5 Å². The van der Waals surface area contributed by atoms with Crippen LogP contribution in [-0.4, -0.2) is 46.0 Å². The maximum atomic E-state index is 12.8. The number of aromatic nitrogens is 2. The number of ether oxygens (including phenoxy) is 1. The van der Waals surface area contributed by atoms with Crippen molar-refractivity contribution in [2.24, 2.45) is 0 Å². The Hall–Kier alpha value is -2.21. The van der Waals surface area contributed by atoms with Crippen molar-refractivity contribution in [2.75, 3.05) is 19.7 Å². The lowest BCUT2D eigenvalue weighted by Crippen LogP contribution is -2.45. The van der Waals surface area contributed by atoms with Crippen molar-refractivity contribution in [3.63, 3.8) is 0 Å². The number of piperidine rings is 1. The van der Waals surface area contributed by atoms with Gasteiger partial charge in [-0.15, -0.1) is 0 Å². The van der Waals surface area contributed by atoms with E-state index in [1.165, 1.54) is 10.6 Å². The third kappa shape index (κ3) is 3.33. The zero-order valence-corrected chi connectivity index (χ0v) is 14.2. The van der Waals surface area contributed by atoms with Crippen LogP contribution in [0.25, 0.3) is 5.65 Å². The molecule has 0 saturated carbocycles. The van der Waals surface area contributed by atoms with Gasteiger partial charge in [0.2, 0.25) is 0 Å². The number of fused-ring (bicyclic) bond motifs is 1. The van der Waals surface area contributed by atoms with Crippen LogP contribution in [0.1, 0.15) is 42.1 Å². The summed E-state index contributed by atoms with van der Waals surface area (Å²) in [5, 5.41) is 0. The highest BCUT2D eigenvalue weighted by Crippen LogP contribution is 2.15. The van der Waals surface area contributed by atoms with E-state index in [4.69, 9.17) is 4.74 Å². The minimum atomic E-state index is -0.315. The molecular formula is C18H23N3O3. The van der Waals surface area contributed by atoms with Gasteiger partial charge in [-0.2, -0.15) is 0 Å². The second-order valence-corrected chi connectivity index (χ2v) is 6.30. The second-order valence-electron chi connectivity index (χ2n) is 6.30. The summed E-state index contributed by atoms with van der Waals surface area (Å²) in [5.74, 6) is -0.256. The molecule has 24 heavy (non-hydrogen) atoms. The molecular weight excluding hydrogens is 306 g/mol. The number of nitrogens with zero attached hydrogens (tertiary/aromatic N) is 3. The largest absolute Gasteiger partial charge is 0.376 e. The molecule has 2 aromatic heterocycles. The van der Waals surface area contributed by atoms with Crippen LogP contribution in [0.2, 0.25) is 0 Å². The fraction of sp³-hybridized carbons (Fsp3) is 0.500. The first-order valence-electron chi connectivity index (χ1n) is 8.49. The fourth-order valence-electron chi connectivity index (χ4n) is 3.04. The third-order valence-corrected chi connectivity index (χ3v) is 4.30. The van der Waals surface area contributed by atoms with Gasteiger partial charge in [0.1, 0.15) is 11.2 Å². The number of hydrogen-bond acceptors (Lipinski definition) is 4. The molecule has 1 atom stereocenters. The van der Waals surface area contributed by atoms with Gasteiger partial charge in [-0.1, -0.05) is 13.0 Å². The highest BCUT2D eigenvalue weighted by molar-refractivity contribution is 5.93. The van der Waals surface area contributed by atoms with Gasteiger partial charge >= 0.3 is 0 Å². The molecule has 0 unspecified atom stereocenters. The van der Waals surface area contributed by atoms with Crippen molar-refractivity contribution in [3.05, 3.63) is 46.0 Å². The highest BCUT2D eigenvalue weighted by atomic mass is 16.5. The minimum absolute atomic E-state index is 0.0565. The van der Waals surface area contributed by atoms with Crippen molar-refractivity contribution in [3.8, 4) is 0 Å². The molecule has 0 spiro atoms. The number of likely N-dealkylation sites (tertiary alicyclic amines) is 1. The average Bonchev–Trinajstić information content (AvgIpc) is 2.60. The number of aryl methyl sites for hydroxylation is 1. The van der Waals surface area contributed by atoms with Crippen LogP contribution in [0.5, 0.6) is 0 Å². The van der Waals surface area contributed by atoms with Gasteiger partial charge in [-0.05, 0) is 37.8 Å². The van der Waals surface area contributed by atoms with E-state index in [2.05, 4.69) is 11.9 Å². The van der Waals surface area contributed by atoms with Crippen LogP contribution < -0.4 is 5.56 Å². The Morgan fingerprint density at radius 2 is 2.25 bits per heavy atom. The van der Waals surface area contributed by atoms with E-state index in [0.29, 0.717) is 25.3 Å². The van der Waals surface area contributed by atoms with Gasteiger partial charge in [0, 0.05) is 32.1 Å². The number of pyridine rings is 1. The second kappa shape index (κ2) is 7.13. The molecule has 1 amide bonds. The van der Waals surface area contributed by atoms with Crippen LogP contribution in [0.4, 0.5) is 0 Å². The summed E-state index contributed by atoms with van der Waals surface area (Å²) in [5.41, 5.74) is 1.30. The van der Waals surface area contributed by atoms with Crippen molar-refractivity contribution >= 4 is 11.6 Å². The molecule has 0 aromatic carbocycles. The van der Waals surface area contributed by atoms with Crippen molar-refractivity contribution in [2.45, 2.75) is 39.2 Å². The predicted molar refractivity (Wildman–Crippen MR) is 91.4 cm³/mol. The summed E-state index contributed by atoms with van der Waals surface area (Å²) >= 11 is 0. The van der Waals surface area contributed by atoms with Gasteiger partial charge in [0.15, 0.2) is 0 Å². The van der Waals surface area contributed by atoms with E-state index >= 15 is 0 Å². The molecule has 3 heterocycles. The predicted octanol–water partition coefficient (Wildman–Crippen LogP) is 2.03. The van der Waals surface area contributed by atoms with Crippen molar-refractivity contribution in [1.29, 1.82) is 0 Å². The lowest BCUT2D eigenvalue weighted by Gasteiger charge is -2.32. The third-order valence-electron chi connectivity index (χ3n) is 4.30. The Kier molecular flexibility index (Phi) is 4.94. The Balaban J connectivity index is 1.85. The van der Waals surface area contributed by atoms with E-state index in [-0.39, 0.29) is 23.1 Å². The number of carbonyl (C=O) groups excluding carboxylic acids is 1. The highest BCUT2D eigenvalue weighted by Gasteiger charge is 2.26. The lowest BCUT2D eigenvalue weighted by atomic mass is 10.1. The molecule has 0 radical (unpaired) electrons. The van der Waals surface area contributed by atoms with Gasteiger partial charge < -0.3 is 9.64 Å². The average molecular weight is 329 g/mol. The Labute approximate surface area is 141 Å². The molecule has 3 rings (SSSR count). The first-order valence-corrected chi connectivity index (χ1v) is 8.49. The molecule has 1 aliphatic rings. The topological polar surface area (TPSA) is 63.9 Å². The van der Waals surface area contributed by atoms with Gasteiger partial charge in [-0.3, -0.25) is 14.0 Å². The van der Waals surface area contributed by atoms with Gasteiger partial charge in [-0.25, -0.2) is 4.98 Å². The lowest BCUT2D eigenvalue weighted by molar-refractivity contribution is 0.00203. The van der Waals surface area contributed by atoms with E-state index in [9.17, 15) is 9.59 Å². The molecule has 1 fully saturated rings. The molecule has 128 valence electrons. The molecule has 6 nitrogen and oxygen atoms in total. The Morgan fingerprint density at radius 1 is 1.42 bits per heavy atom. The van der Waals surface area contributed by atoms with Crippen LogP contribution in [0, 0.1) is 6.92 Å². The van der Waals surface area contributed by atoms with Gasteiger partial charge in [0.05, 0.1) is 6.10 Å². The minimum Gasteiger partial charge on any atom is -0.376 e. The van der Waals surface area contributed by atoms with E-state index in [1.54, 1.807) is 17.2 Å². The molecule has 2 aromatic rings. The molecule has 1 aliphatic heterocycles. The van der Waals surface area contributed by atoms with E-state index < -0.39 is 0 Å². The maximum Gasteiger partial charge on any atom is 0.270 e. The summed E-state index contributed by atoms with van der Waals surface area (Å²) in [6.45, 7) is 5.86. The number of amides is 1. The number of carbonyl (C=O) groups is 1. The quantitative estimate of drug-likeness (QED) is 0.861. The summed E-state index contributed by atoms with van der Waals surface area (Å²) in [6.07, 6.45) is 5.97. The van der Waals surface area contributed by atoms with Crippen LogP contribution in [0.3, 0.4) is 0 Å². The maximum absolute atomic E-state index is 12.8.